The number of hydrogen-bond acceptors (Lipinski definition) is 2. The van der Waals surface area contributed by atoms with E-state index in [2.05, 4.69) is 39.9 Å². The van der Waals surface area contributed by atoms with Crippen LogP contribution in [0.5, 0.6) is 0 Å². The second-order valence-corrected chi connectivity index (χ2v) is 7.24. The molecule has 0 aromatic rings. The number of ether oxygens (including phenoxy) is 1. The maximum Gasteiger partial charge on any atom is 0.0490 e. The smallest absolute Gasteiger partial charge is 0.0490 e. The topological polar surface area (TPSA) is 21.3 Å². The third-order valence-electron chi connectivity index (χ3n) is 4.98. The first kappa shape index (κ1) is 17.0. The summed E-state index contributed by atoms with van der Waals surface area (Å²) in [4.78, 5) is 0. The van der Waals surface area contributed by atoms with Gasteiger partial charge in [0.25, 0.3) is 0 Å². The summed E-state index contributed by atoms with van der Waals surface area (Å²) in [5.74, 6) is 4.09. The highest BCUT2D eigenvalue weighted by Gasteiger charge is 2.34. The number of nitrogens with one attached hydrogen (secondary N) is 1. The zero-order valence-corrected chi connectivity index (χ0v) is 13.9. The van der Waals surface area contributed by atoms with Crippen molar-refractivity contribution in [1.29, 1.82) is 0 Å². The van der Waals surface area contributed by atoms with E-state index < -0.39 is 0 Å². The van der Waals surface area contributed by atoms with Gasteiger partial charge < -0.3 is 10.1 Å². The molecular weight excluding hydrogens is 234 g/mol. The van der Waals surface area contributed by atoms with E-state index in [1.165, 1.54) is 25.8 Å². The van der Waals surface area contributed by atoms with E-state index in [4.69, 9.17) is 4.74 Å². The van der Waals surface area contributed by atoms with Crippen LogP contribution in [0.3, 0.4) is 0 Å². The quantitative estimate of drug-likeness (QED) is 0.755. The molecule has 0 bridgehead atoms. The molecule has 1 N–H and O–H groups in total. The highest BCUT2D eigenvalue weighted by molar-refractivity contribution is 4.85. The Morgan fingerprint density at radius 2 is 1.79 bits per heavy atom. The lowest BCUT2D eigenvalue weighted by molar-refractivity contribution is 0.0549. The van der Waals surface area contributed by atoms with E-state index in [0.29, 0.717) is 12.0 Å². The normalized spacial score (nSPS) is 30.0. The highest BCUT2D eigenvalue weighted by Crippen LogP contribution is 2.41. The molecule has 1 aliphatic carbocycles. The minimum absolute atomic E-state index is 0.598. The predicted molar refractivity (Wildman–Crippen MR) is 83.3 cm³/mol. The third kappa shape index (κ3) is 5.43. The molecule has 1 aliphatic rings. The zero-order chi connectivity index (χ0) is 14.4. The number of methoxy groups -OCH3 is 1. The van der Waals surface area contributed by atoms with Gasteiger partial charge in [0.05, 0.1) is 0 Å². The standard InChI is InChI=1S/C17H35NO/c1-12(2)15-7-8-16(10-18-13(3)4)17(9-15)14(5)11-19-6/h12-18H,7-11H2,1-6H3. The minimum Gasteiger partial charge on any atom is -0.384 e. The van der Waals surface area contributed by atoms with Gasteiger partial charge in [-0.15, -0.1) is 0 Å². The Morgan fingerprint density at radius 3 is 2.32 bits per heavy atom. The fraction of sp³-hybridized carbons (Fsp3) is 1.00. The van der Waals surface area contributed by atoms with E-state index in [0.717, 1.165) is 30.3 Å². The van der Waals surface area contributed by atoms with E-state index in [9.17, 15) is 0 Å². The van der Waals surface area contributed by atoms with Gasteiger partial charge in [-0.25, -0.2) is 0 Å². The molecule has 0 aliphatic heterocycles. The zero-order valence-electron chi connectivity index (χ0n) is 13.9. The van der Waals surface area contributed by atoms with Crippen molar-refractivity contribution >= 4 is 0 Å². The fourth-order valence-corrected chi connectivity index (χ4v) is 3.63. The van der Waals surface area contributed by atoms with Crippen LogP contribution in [0, 0.1) is 29.6 Å². The summed E-state index contributed by atoms with van der Waals surface area (Å²) in [7, 11) is 1.83. The highest BCUT2D eigenvalue weighted by atomic mass is 16.5. The molecular formula is C17H35NO. The van der Waals surface area contributed by atoms with Crippen LogP contribution in [-0.4, -0.2) is 26.3 Å². The van der Waals surface area contributed by atoms with Gasteiger partial charge in [0, 0.05) is 19.8 Å². The molecule has 0 spiro atoms. The molecule has 1 rings (SSSR count). The molecule has 0 amide bonds. The van der Waals surface area contributed by atoms with E-state index in [-0.39, 0.29) is 0 Å². The van der Waals surface area contributed by atoms with Crippen molar-refractivity contribution in [2.45, 2.75) is 59.9 Å². The first-order valence-electron chi connectivity index (χ1n) is 8.18. The summed E-state index contributed by atoms with van der Waals surface area (Å²) in [5, 5.41) is 3.65. The second-order valence-electron chi connectivity index (χ2n) is 7.24. The third-order valence-corrected chi connectivity index (χ3v) is 4.98. The van der Waals surface area contributed by atoms with E-state index in [1.807, 2.05) is 7.11 Å². The van der Waals surface area contributed by atoms with Gasteiger partial charge in [-0.2, -0.15) is 0 Å². The molecule has 4 unspecified atom stereocenters. The Hall–Kier alpha value is -0.0800. The van der Waals surface area contributed by atoms with Crippen LogP contribution in [-0.2, 0) is 4.74 Å². The fourth-order valence-electron chi connectivity index (χ4n) is 3.63. The number of hydrogen-bond donors (Lipinski definition) is 1. The molecule has 0 aromatic carbocycles. The van der Waals surface area contributed by atoms with Gasteiger partial charge in [-0.1, -0.05) is 34.6 Å². The largest absolute Gasteiger partial charge is 0.384 e. The summed E-state index contributed by atoms with van der Waals surface area (Å²) in [6.45, 7) is 13.7. The Bertz CT molecular complexity index is 239. The lowest BCUT2D eigenvalue weighted by Crippen LogP contribution is -2.40. The van der Waals surface area contributed by atoms with Crippen molar-refractivity contribution in [3.63, 3.8) is 0 Å². The molecule has 4 atom stereocenters. The summed E-state index contributed by atoms with van der Waals surface area (Å²) < 4.78 is 5.41. The number of rotatable bonds is 7. The molecule has 114 valence electrons. The van der Waals surface area contributed by atoms with Gasteiger partial charge in [0.1, 0.15) is 0 Å². The molecule has 0 radical (unpaired) electrons. The SMILES string of the molecule is COCC(C)C1CC(C(C)C)CCC1CNC(C)C. The van der Waals surface area contributed by atoms with Crippen LogP contribution in [0.4, 0.5) is 0 Å². The Kier molecular flexibility index (Phi) is 7.38. The average molecular weight is 269 g/mol. The summed E-state index contributed by atoms with van der Waals surface area (Å²) in [6, 6.07) is 0.598. The monoisotopic (exact) mass is 269 g/mol. The molecule has 2 heteroatoms. The van der Waals surface area contributed by atoms with Crippen molar-refractivity contribution in [1.82, 2.24) is 5.32 Å². The van der Waals surface area contributed by atoms with Crippen LogP contribution in [0.1, 0.15) is 53.9 Å². The summed E-state index contributed by atoms with van der Waals surface area (Å²) in [6.07, 6.45) is 4.20. The van der Waals surface area contributed by atoms with Crippen molar-refractivity contribution < 1.29 is 4.74 Å². The van der Waals surface area contributed by atoms with Gasteiger partial charge >= 0.3 is 0 Å². The first-order valence-corrected chi connectivity index (χ1v) is 8.18. The molecule has 0 saturated heterocycles. The van der Waals surface area contributed by atoms with Gasteiger partial charge in [-0.3, -0.25) is 0 Å². The average Bonchev–Trinajstić information content (AvgIpc) is 2.36. The van der Waals surface area contributed by atoms with Crippen LogP contribution < -0.4 is 5.32 Å². The summed E-state index contributed by atoms with van der Waals surface area (Å²) in [5.41, 5.74) is 0. The lowest BCUT2D eigenvalue weighted by atomic mass is 9.66. The van der Waals surface area contributed by atoms with Crippen LogP contribution in [0.15, 0.2) is 0 Å². The molecule has 0 aromatic heterocycles. The maximum atomic E-state index is 5.41. The molecule has 0 heterocycles. The van der Waals surface area contributed by atoms with Crippen LogP contribution >= 0.6 is 0 Å². The van der Waals surface area contributed by atoms with Crippen LogP contribution in [0.25, 0.3) is 0 Å². The first-order chi connectivity index (χ1) is 8.95. The maximum absolute atomic E-state index is 5.41. The molecule has 1 fully saturated rings. The molecule has 19 heavy (non-hydrogen) atoms. The Labute approximate surface area is 120 Å². The van der Waals surface area contributed by atoms with E-state index >= 15 is 0 Å². The van der Waals surface area contributed by atoms with Crippen molar-refractivity contribution in [2.75, 3.05) is 20.3 Å². The minimum atomic E-state index is 0.598. The van der Waals surface area contributed by atoms with Gasteiger partial charge in [0.15, 0.2) is 0 Å². The molecule has 2 nitrogen and oxygen atoms in total. The summed E-state index contributed by atoms with van der Waals surface area (Å²) >= 11 is 0. The van der Waals surface area contributed by atoms with E-state index in [1.54, 1.807) is 0 Å². The van der Waals surface area contributed by atoms with Crippen molar-refractivity contribution in [3.8, 4) is 0 Å². The lowest BCUT2D eigenvalue weighted by Gasteiger charge is -2.41. The van der Waals surface area contributed by atoms with Crippen molar-refractivity contribution in [3.05, 3.63) is 0 Å². The predicted octanol–water partition coefficient (Wildman–Crippen LogP) is 3.96. The Morgan fingerprint density at radius 1 is 1.11 bits per heavy atom. The molecule has 1 saturated carbocycles. The van der Waals surface area contributed by atoms with Crippen LogP contribution in [0.2, 0.25) is 0 Å². The Balaban J connectivity index is 2.61. The van der Waals surface area contributed by atoms with Gasteiger partial charge in [0.2, 0.25) is 0 Å². The van der Waals surface area contributed by atoms with Crippen molar-refractivity contribution in [2.24, 2.45) is 29.6 Å². The van der Waals surface area contributed by atoms with Gasteiger partial charge in [-0.05, 0) is 55.4 Å². The second kappa shape index (κ2) is 8.26.